The molecule has 122 valence electrons. The minimum absolute atomic E-state index is 0.719. The molecule has 2 rings (SSSR count). The zero-order chi connectivity index (χ0) is 15.8. The van der Waals surface area contributed by atoms with Gasteiger partial charge in [-0.25, -0.2) is 0 Å². The lowest BCUT2D eigenvalue weighted by atomic mass is 10.0. The number of benzene rings is 1. The van der Waals surface area contributed by atoms with Gasteiger partial charge in [-0.05, 0) is 74.6 Å². The van der Waals surface area contributed by atoms with Gasteiger partial charge in [0, 0.05) is 18.8 Å². The van der Waals surface area contributed by atoms with Crippen LogP contribution in [0.1, 0.15) is 38.7 Å². The van der Waals surface area contributed by atoms with Crippen LogP contribution in [0.4, 0.5) is 5.69 Å². The van der Waals surface area contributed by atoms with Crippen LogP contribution >= 0.6 is 12.2 Å². The van der Waals surface area contributed by atoms with Crippen molar-refractivity contribution in [1.29, 1.82) is 0 Å². The third-order valence-corrected chi connectivity index (χ3v) is 4.54. The first-order chi connectivity index (χ1) is 10.7. The summed E-state index contributed by atoms with van der Waals surface area (Å²) in [6, 6.07) is 8.45. The van der Waals surface area contributed by atoms with E-state index in [2.05, 4.69) is 53.6 Å². The van der Waals surface area contributed by atoms with Gasteiger partial charge in [0.1, 0.15) is 0 Å². The van der Waals surface area contributed by atoms with E-state index in [9.17, 15) is 0 Å². The third-order valence-electron chi connectivity index (χ3n) is 4.30. The van der Waals surface area contributed by atoms with Crippen LogP contribution in [0.15, 0.2) is 24.3 Å². The van der Waals surface area contributed by atoms with E-state index in [1.165, 1.54) is 38.0 Å². The highest BCUT2D eigenvalue weighted by Crippen LogP contribution is 2.15. The number of nitrogens with zero attached hydrogens (tertiary/aromatic N) is 1. The first kappa shape index (κ1) is 17.2. The Hall–Kier alpha value is -1.13. The van der Waals surface area contributed by atoms with E-state index in [0.717, 1.165) is 36.1 Å². The molecule has 3 nitrogen and oxygen atoms in total. The lowest BCUT2D eigenvalue weighted by Crippen LogP contribution is -2.37. The monoisotopic (exact) mass is 319 g/mol. The Balaban J connectivity index is 1.61. The molecule has 2 N–H and O–H groups in total. The molecular formula is C18H29N3S. The van der Waals surface area contributed by atoms with Crippen LogP contribution in [0.2, 0.25) is 0 Å². The van der Waals surface area contributed by atoms with E-state index < -0.39 is 0 Å². The lowest BCUT2D eigenvalue weighted by Gasteiger charge is -2.30. The molecule has 0 radical (unpaired) electrons. The lowest BCUT2D eigenvalue weighted by molar-refractivity contribution is 0.182. The van der Waals surface area contributed by atoms with Crippen molar-refractivity contribution in [3.05, 3.63) is 29.8 Å². The molecule has 1 aromatic carbocycles. The smallest absolute Gasteiger partial charge is 0.170 e. The summed E-state index contributed by atoms with van der Waals surface area (Å²) in [6.07, 6.45) is 4.95. The van der Waals surface area contributed by atoms with Gasteiger partial charge in [0.05, 0.1) is 0 Å². The molecule has 0 amide bonds. The Labute approximate surface area is 140 Å². The highest BCUT2D eigenvalue weighted by Gasteiger charge is 2.15. The maximum absolute atomic E-state index is 5.35. The van der Waals surface area contributed by atoms with Crippen LogP contribution in [-0.2, 0) is 6.42 Å². The van der Waals surface area contributed by atoms with Gasteiger partial charge >= 0.3 is 0 Å². The maximum Gasteiger partial charge on any atom is 0.170 e. The molecule has 1 aliphatic heterocycles. The molecular weight excluding hydrogens is 290 g/mol. The number of thiocarbonyl (C=S) groups is 1. The first-order valence-electron chi connectivity index (χ1n) is 8.53. The summed E-state index contributed by atoms with van der Waals surface area (Å²) in [6.45, 7) is 9.14. The van der Waals surface area contributed by atoms with Crippen LogP contribution in [-0.4, -0.2) is 36.2 Å². The van der Waals surface area contributed by atoms with E-state index >= 15 is 0 Å². The van der Waals surface area contributed by atoms with Gasteiger partial charge in [0.15, 0.2) is 5.11 Å². The second-order valence-electron chi connectivity index (χ2n) is 6.33. The number of aryl methyl sites for hydroxylation is 1. The molecule has 1 atom stereocenters. The Morgan fingerprint density at radius 3 is 2.77 bits per heavy atom. The number of anilines is 1. The summed E-state index contributed by atoms with van der Waals surface area (Å²) in [5, 5.41) is 7.27. The summed E-state index contributed by atoms with van der Waals surface area (Å²) in [5.41, 5.74) is 2.40. The second kappa shape index (κ2) is 9.11. The molecule has 1 aromatic rings. The van der Waals surface area contributed by atoms with Crippen LogP contribution in [0.5, 0.6) is 0 Å². The van der Waals surface area contributed by atoms with E-state index in [1.807, 2.05) is 0 Å². The van der Waals surface area contributed by atoms with E-state index in [4.69, 9.17) is 12.2 Å². The summed E-state index contributed by atoms with van der Waals surface area (Å²) in [7, 11) is 0. The predicted octanol–water partition coefficient (Wildman–Crippen LogP) is 3.66. The minimum atomic E-state index is 0.719. The Morgan fingerprint density at radius 2 is 2.09 bits per heavy atom. The van der Waals surface area contributed by atoms with Gasteiger partial charge in [-0.15, -0.1) is 0 Å². The van der Waals surface area contributed by atoms with Crippen molar-refractivity contribution in [1.82, 2.24) is 10.2 Å². The number of piperidine rings is 1. The van der Waals surface area contributed by atoms with Gasteiger partial charge in [-0.1, -0.05) is 26.0 Å². The number of hydrogen-bond donors (Lipinski definition) is 2. The van der Waals surface area contributed by atoms with Crippen molar-refractivity contribution in [2.24, 2.45) is 5.92 Å². The van der Waals surface area contributed by atoms with Crippen molar-refractivity contribution in [3.8, 4) is 0 Å². The van der Waals surface area contributed by atoms with Gasteiger partial charge in [0.2, 0.25) is 0 Å². The Morgan fingerprint density at radius 1 is 1.32 bits per heavy atom. The Bertz CT molecular complexity index is 458. The fraction of sp³-hybridized carbons (Fsp3) is 0.611. The zero-order valence-electron chi connectivity index (χ0n) is 13.9. The fourth-order valence-corrected chi connectivity index (χ4v) is 3.21. The number of nitrogens with one attached hydrogen (secondary N) is 2. The van der Waals surface area contributed by atoms with Crippen molar-refractivity contribution in [2.75, 3.05) is 31.5 Å². The fourth-order valence-electron chi connectivity index (χ4n) is 2.99. The van der Waals surface area contributed by atoms with Gasteiger partial charge in [0.25, 0.3) is 0 Å². The third kappa shape index (κ3) is 5.93. The number of likely N-dealkylation sites (tertiary alicyclic amines) is 1. The minimum Gasteiger partial charge on any atom is -0.362 e. The molecule has 0 bridgehead atoms. The molecule has 0 unspecified atom stereocenters. The summed E-state index contributed by atoms with van der Waals surface area (Å²) >= 11 is 5.35. The highest BCUT2D eigenvalue weighted by atomic mass is 32.1. The van der Waals surface area contributed by atoms with Gasteiger partial charge in [-0.2, -0.15) is 0 Å². The first-order valence-corrected chi connectivity index (χ1v) is 8.94. The zero-order valence-corrected chi connectivity index (χ0v) is 14.7. The van der Waals surface area contributed by atoms with Crippen molar-refractivity contribution >= 4 is 23.0 Å². The van der Waals surface area contributed by atoms with Gasteiger partial charge in [-0.3, -0.25) is 0 Å². The second-order valence-corrected chi connectivity index (χ2v) is 6.74. The van der Waals surface area contributed by atoms with Crippen LogP contribution in [0.25, 0.3) is 0 Å². The average molecular weight is 320 g/mol. The topological polar surface area (TPSA) is 27.3 Å². The molecule has 1 heterocycles. The van der Waals surface area contributed by atoms with Crippen molar-refractivity contribution in [3.63, 3.8) is 0 Å². The number of rotatable bonds is 6. The van der Waals surface area contributed by atoms with Crippen molar-refractivity contribution in [2.45, 2.75) is 39.5 Å². The quantitative estimate of drug-likeness (QED) is 0.618. The van der Waals surface area contributed by atoms with Crippen LogP contribution in [0.3, 0.4) is 0 Å². The molecule has 1 fully saturated rings. The Kier molecular flexibility index (Phi) is 7.13. The van der Waals surface area contributed by atoms with Crippen LogP contribution in [0, 0.1) is 5.92 Å². The predicted molar refractivity (Wildman–Crippen MR) is 99.5 cm³/mol. The summed E-state index contributed by atoms with van der Waals surface area (Å²) in [5.74, 6) is 0.857. The molecule has 4 heteroatoms. The summed E-state index contributed by atoms with van der Waals surface area (Å²) in [4.78, 5) is 2.58. The number of hydrogen-bond acceptors (Lipinski definition) is 2. The SMILES string of the molecule is CCc1ccc(NC(=S)NCCCN2CCC[C@@H](C)C2)cc1. The molecule has 1 aliphatic rings. The normalized spacial score (nSPS) is 18.9. The molecule has 1 saturated heterocycles. The van der Waals surface area contributed by atoms with Gasteiger partial charge < -0.3 is 15.5 Å². The molecule has 0 aromatic heterocycles. The largest absolute Gasteiger partial charge is 0.362 e. The molecule has 0 saturated carbocycles. The van der Waals surface area contributed by atoms with E-state index in [0.29, 0.717) is 0 Å². The molecule has 0 aliphatic carbocycles. The molecule has 0 spiro atoms. The summed E-state index contributed by atoms with van der Waals surface area (Å²) < 4.78 is 0. The standard InChI is InChI=1S/C18H29N3S/c1-3-16-7-9-17(10-8-16)20-18(22)19-11-5-13-21-12-4-6-15(2)14-21/h7-10,15H,3-6,11-14H2,1-2H3,(H2,19,20,22)/t15-/m1/s1. The average Bonchev–Trinajstić information content (AvgIpc) is 2.52. The maximum atomic E-state index is 5.35. The highest BCUT2D eigenvalue weighted by molar-refractivity contribution is 7.80. The van der Waals surface area contributed by atoms with Crippen molar-refractivity contribution < 1.29 is 0 Å². The van der Waals surface area contributed by atoms with E-state index in [-0.39, 0.29) is 0 Å². The van der Waals surface area contributed by atoms with E-state index in [1.54, 1.807) is 0 Å². The molecule has 22 heavy (non-hydrogen) atoms. The van der Waals surface area contributed by atoms with Crippen LogP contribution < -0.4 is 10.6 Å².